The van der Waals surface area contributed by atoms with Crippen LogP contribution in [-0.4, -0.2) is 4.40 Å². The Hall–Kier alpha value is -10.4. The molecule has 16 aromatic rings. The van der Waals surface area contributed by atoms with Crippen LogP contribution in [0.4, 0.5) is 34.1 Å². The zero-order valence-electron chi connectivity index (χ0n) is 42.0. The van der Waals surface area contributed by atoms with Gasteiger partial charge in [-0.3, -0.25) is 0 Å². The fraction of sp³-hybridized carbons (Fsp3) is 0.0137. The Balaban J connectivity index is 0.995. The topological polar surface area (TPSA) is 37.2 Å². The van der Waals surface area contributed by atoms with Crippen LogP contribution in [0.1, 0.15) is 22.3 Å². The molecule has 4 aromatic heterocycles. The van der Waals surface area contributed by atoms with Crippen LogP contribution in [0.2, 0.25) is 0 Å². The molecule has 0 N–H and O–H groups in total. The fourth-order valence-corrected chi connectivity index (χ4v) is 14.2. The summed E-state index contributed by atoms with van der Waals surface area (Å²) in [6.45, 7) is 0. The minimum Gasteiger partial charge on any atom is -0.456 e. The average molecular weight is 994 g/mol. The lowest BCUT2D eigenvalue weighted by Crippen LogP contribution is -2.26. The van der Waals surface area contributed by atoms with E-state index in [0.717, 1.165) is 78.0 Å². The molecule has 0 fully saturated rings. The number of anilines is 6. The zero-order valence-corrected chi connectivity index (χ0v) is 42.0. The second-order valence-electron chi connectivity index (χ2n) is 21.1. The number of fused-ring (bicyclic) bond motifs is 23. The molecule has 0 radical (unpaired) electrons. The van der Waals surface area contributed by atoms with E-state index in [1.807, 2.05) is 12.1 Å². The van der Waals surface area contributed by atoms with Crippen molar-refractivity contribution < 1.29 is 8.83 Å². The summed E-state index contributed by atoms with van der Waals surface area (Å²) in [7, 11) is 0. The molecule has 78 heavy (non-hydrogen) atoms. The SMILES string of the molecule is c1ccc(N(c2ccc3c(c2)C2(c4ccccc4-c4ccccc42)c2cc(N(c4ccccc4)c4ccc5c(c4)oc4ccccc45)c4c5cccc6c7ccccc7n(c4c2-3)c65)c2ccc3c(c2)oc2ccccc23)cc1. The summed E-state index contributed by atoms with van der Waals surface area (Å²) in [6.07, 6.45) is 0. The summed E-state index contributed by atoms with van der Waals surface area (Å²) < 4.78 is 15.9. The van der Waals surface area contributed by atoms with E-state index in [9.17, 15) is 0 Å². The first-order valence-corrected chi connectivity index (χ1v) is 26.8. The predicted molar refractivity (Wildman–Crippen MR) is 321 cm³/mol. The van der Waals surface area contributed by atoms with Crippen molar-refractivity contribution in [2.24, 2.45) is 0 Å². The summed E-state index contributed by atoms with van der Waals surface area (Å²) in [5.41, 5.74) is 22.7. The van der Waals surface area contributed by atoms with E-state index in [0.29, 0.717) is 0 Å². The van der Waals surface area contributed by atoms with Crippen molar-refractivity contribution in [2.45, 2.75) is 5.41 Å². The molecular weight excluding hydrogens is 951 g/mol. The van der Waals surface area contributed by atoms with E-state index in [4.69, 9.17) is 8.83 Å². The van der Waals surface area contributed by atoms with Crippen LogP contribution in [0.5, 0.6) is 0 Å². The second kappa shape index (κ2) is 15.4. The third-order valence-electron chi connectivity index (χ3n) is 17.3. The number of hydrogen-bond acceptors (Lipinski definition) is 4. The normalized spacial score (nSPS) is 13.2. The lowest BCUT2D eigenvalue weighted by molar-refractivity contribution is 0.668. The van der Waals surface area contributed by atoms with Crippen LogP contribution in [-0.2, 0) is 5.41 Å². The average Bonchev–Trinajstić information content (AvgIpc) is 4.26. The van der Waals surface area contributed by atoms with E-state index in [1.54, 1.807) is 0 Å². The molecule has 4 heterocycles. The van der Waals surface area contributed by atoms with Crippen LogP contribution in [0.25, 0.3) is 104 Å². The Bertz CT molecular complexity index is 5130. The Labute approximate surface area is 447 Å². The summed E-state index contributed by atoms with van der Waals surface area (Å²) in [5.74, 6) is 0. The van der Waals surface area contributed by atoms with Gasteiger partial charge in [0.15, 0.2) is 0 Å². The highest BCUT2D eigenvalue weighted by Crippen LogP contribution is 2.66. The molecule has 0 aliphatic heterocycles. The van der Waals surface area contributed by atoms with Crippen LogP contribution in [0.15, 0.2) is 270 Å². The van der Waals surface area contributed by atoms with Gasteiger partial charge < -0.3 is 23.0 Å². The van der Waals surface area contributed by atoms with Crippen LogP contribution >= 0.6 is 0 Å². The molecule has 2 aliphatic rings. The Kier molecular flexibility index (Phi) is 8.27. The quantitative estimate of drug-likeness (QED) is 0.166. The number of aromatic nitrogens is 1. The summed E-state index contributed by atoms with van der Waals surface area (Å²) in [5, 5.41) is 9.33. The molecule has 5 heteroatoms. The highest BCUT2D eigenvalue weighted by molar-refractivity contribution is 6.29. The molecule has 0 saturated heterocycles. The first-order chi connectivity index (χ1) is 38.7. The number of para-hydroxylation sites is 6. The molecule has 362 valence electrons. The number of rotatable bonds is 6. The third kappa shape index (κ3) is 5.39. The predicted octanol–water partition coefficient (Wildman–Crippen LogP) is 19.9. The highest BCUT2D eigenvalue weighted by atomic mass is 16.3. The molecule has 2 aliphatic carbocycles. The van der Waals surface area contributed by atoms with E-state index < -0.39 is 5.41 Å². The van der Waals surface area contributed by atoms with Gasteiger partial charge in [0.2, 0.25) is 0 Å². The Morgan fingerprint density at radius 3 is 1.46 bits per heavy atom. The molecule has 1 spiro atoms. The molecule has 18 rings (SSSR count). The molecular formula is C73H43N3O2. The minimum absolute atomic E-state index is 0.732. The lowest BCUT2D eigenvalue weighted by Gasteiger charge is -2.33. The van der Waals surface area contributed by atoms with Crippen molar-refractivity contribution in [2.75, 3.05) is 9.80 Å². The monoisotopic (exact) mass is 993 g/mol. The van der Waals surface area contributed by atoms with Gasteiger partial charge in [-0.25, -0.2) is 0 Å². The Morgan fingerprint density at radius 1 is 0.295 bits per heavy atom. The van der Waals surface area contributed by atoms with Crippen molar-refractivity contribution in [1.29, 1.82) is 0 Å². The molecule has 0 bridgehead atoms. The zero-order chi connectivity index (χ0) is 50.8. The van der Waals surface area contributed by atoms with Gasteiger partial charge in [-0.15, -0.1) is 0 Å². The molecule has 12 aromatic carbocycles. The van der Waals surface area contributed by atoms with Gasteiger partial charge in [-0.1, -0.05) is 164 Å². The first-order valence-electron chi connectivity index (χ1n) is 26.8. The molecule has 0 unspecified atom stereocenters. The van der Waals surface area contributed by atoms with Gasteiger partial charge in [0.05, 0.1) is 27.7 Å². The minimum atomic E-state index is -0.732. The fourth-order valence-electron chi connectivity index (χ4n) is 14.2. The van der Waals surface area contributed by atoms with Crippen molar-refractivity contribution in [1.82, 2.24) is 4.40 Å². The maximum Gasteiger partial charge on any atom is 0.137 e. The summed E-state index contributed by atoms with van der Waals surface area (Å²) >= 11 is 0. The van der Waals surface area contributed by atoms with Crippen molar-refractivity contribution in [3.63, 3.8) is 0 Å². The van der Waals surface area contributed by atoms with Gasteiger partial charge in [0.25, 0.3) is 0 Å². The van der Waals surface area contributed by atoms with Crippen LogP contribution in [0, 0.1) is 0 Å². The van der Waals surface area contributed by atoms with Gasteiger partial charge in [-0.2, -0.15) is 0 Å². The number of nitrogens with zero attached hydrogens (tertiary/aromatic N) is 3. The first kappa shape index (κ1) is 41.9. The number of furan rings is 2. The molecule has 0 amide bonds. The number of hydrogen-bond donors (Lipinski definition) is 0. The van der Waals surface area contributed by atoms with E-state index in [-0.39, 0.29) is 0 Å². The van der Waals surface area contributed by atoms with E-state index in [1.165, 1.54) is 82.6 Å². The maximum absolute atomic E-state index is 6.70. The van der Waals surface area contributed by atoms with Crippen LogP contribution in [0.3, 0.4) is 0 Å². The van der Waals surface area contributed by atoms with Crippen molar-refractivity contribution >= 4 is 116 Å². The summed E-state index contributed by atoms with van der Waals surface area (Å²) in [6, 6.07) is 95.8. The van der Waals surface area contributed by atoms with Crippen LogP contribution < -0.4 is 9.80 Å². The second-order valence-corrected chi connectivity index (χ2v) is 21.1. The highest BCUT2D eigenvalue weighted by Gasteiger charge is 2.53. The van der Waals surface area contributed by atoms with Crippen molar-refractivity contribution in [3.8, 4) is 22.3 Å². The third-order valence-corrected chi connectivity index (χ3v) is 17.3. The molecule has 0 atom stereocenters. The largest absolute Gasteiger partial charge is 0.456 e. The number of benzene rings is 12. The van der Waals surface area contributed by atoms with Gasteiger partial charge >= 0.3 is 0 Å². The maximum atomic E-state index is 6.70. The standard InChI is InChI=1S/C73H43N3O2/c1-3-18-44(19-4-1)74(47-34-37-54-52-25-10-15-32-65(52)77-67(54)41-47)46-36-39-57-61(40-46)73(59-29-12-7-22-49(59)50-23-8-13-30-60(50)73)62-43-64(70-58-28-17-27-56-51-24-9-14-31-63(51)76(71(56)58)72(70)69(57)62)75(45-20-5-2-6-21-45)48-35-38-55-53-26-11-16-33-66(53)78-68(55)42-48/h1-43H. The smallest absolute Gasteiger partial charge is 0.137 e. The van der Waals surface area contributed by atoms with Gasteiger partial charge in [-0.05, 0) is 124 Å². The van der Waals surface area contributed by atoms with Gasteiger partial charge in [0.1, 0.15) is 22.3 Å². The summed E-state index contributed by atoms with van der Waals surface area (Å²) in [4.78, 5) is 4.88. The van der Waals surface area contributed by atoms with Gasteiger partial charge in [0, 0.05) is 89.2 Å². The van der Waals surface area contributed by atoms with E-state index in [2.05, 4.69) is 263 Å². The molecule has 5 nitrogen and oxygen atoms in total. The lowest BCUT2D eigenvalue weighted by atomic mass is 9.70. The Morgan fingerprint density at radius 2 is 0.795 bits per heavy atom. The van der Waals surface area contributed by atoms with E-state index >= 15 is 0 Å². The van der Waals surface area contributed by atoms with Crippen molar-refractivity contribution in [3.05, 3.63) is 283 Å². The molecule has 0 saturated carbocycles.